The Bertz CT molecular complexity index is 862. The number of aromatic nitrogens is 1. The molecule has 1 aliphatic heterocycles. The number of benzene rings is 1. The summed E-state index contributed by atoms with van der Waals surface area (Å²) in [5, 5.41) is 2.40. The van der Waals surface area contributed by atoms with Crippen molar-refractivity contribution in [1.82, 2.24) is 9.88 Å². The number of carbonyl (C=O) groups is 2. The van der Waals surface area contributed by atoms with Crippen molar-refractivity contribution in [2.45, 2.75) is 44.6 Å². The molecule has 0 N–H and O–H groups in total. The van der Waals surface area contributed by atoms with Crippen molar-refractivity contribution < 1.29 is 19.1 Å². The Morgan fingerprint density at radius 2 is 1.90 bits per heavy atom. The first-order valence-corrected chi connectivity index (χ1v) is 11.1. The molecule has 2 aromatic rings. The number of esters is 1. The van der Waals surface area contributed by atoms with Gasteiger partial charge in [-0.3, -0.25) is 4.79 Å². The summed E-state index contributed by atoms with van der Waals surface area (Å²) in [6.07, 6.45) is 6.97. The standard InChI is InChI=1S/C22H26N2O4S/c1-27-17-10-8-16(9-11-17)21-23-18(14-29-21)22(26)28-13-20(25)24-12-4-6-15-5-2-3-7-19(15)24/h8-11,14-15,19H,2-7,12-13H2,1H3/t15-,19+/m0/s1. The molecule has 154 valence electrons. The molecular weight excluding hydrogens is 388 g/mol. The van der Waals surface area contributed by atoms with Crippen molar-refractivity contribution in [3.05, 3.63) is 35.3 Å². The highest BCUT2D eigenvalue weighted by molar-refractivity contribution is 7.13. The molecule has 1 aromatic carbocycles. The molecule has 0 radical (unpaired) electrons. The summed E-state index contributed by atoms with van der Waals surface area (Å²) in [5.74, 6) is 0.747. The predicted molar refractivity (Wildman–Crippen MR) is 111 cm³/mol. The monoisotopic (exact) mass is 414 g/mol. The maximum atomic E-state index is 12.7. The van der Waals surface area contributed by atoms with E-state index in [1.54, 1.807) is 12.5 Å². The number of methoxy groups -OCH3 is 1. The molecule has 7 heteroatoms. The summed E-state index contributed by atoms with van der Waals surface area (Å²) >= 11 is 1.37. The zero-order chi connectivity index (χ0) is 20.2. The second-order valence-electron chi connectivity index (χ2n) is 7.68. The summed E-state index contributed by atoms with van der Waals surface area (Å²) in [4.78, 5) is 31.4. The third-order valence-corrected chi connectivity index (χ3v) is 6.83. The Morgan fingerprint density at radius 3 is 2.69 bits per heavy atom. The number of amides is 1. The van der Waals surface area contributed by atoms with Gasteiger partial charge in [-0.15, -0.1) is 11.3 Å². The second-order valence-corrected chi connectivity index (χ2v) is 8.54. The lowest BCUT2D eigenvalue weighted by atomic mass is 9.78. The van der Waals surface area contributed by atoms with E-state index in [0.717, 1.165) is 35.7 Å². The van der Waals surface area contributed by atoms with Gasteiger partial charge in [0.1, 0.15) is 10.8 Å². The zero-order valence-electron chi connectivity index (χ0n) is 16.6. The van der Waals surface area contributed by atoms with Crippen molar-refractivity contribution in [2.75, 3.05) is 20.3 Å². The molecule has 1 amide bonds. The first-order chi connectivity index (χ1) is 14.2. The van der Waals surface area contributed by atoms with Crippen LogP contribution in [0.2, 0.25) is 0 Å². The highest BCUT2D eigenvalue weighted by atomic mass is 32.1. The molecule has 4 rings (SSSR count). The number of fused-ring (bicyclic) bond motifs is 1. The van der Waals surface area contributed by atoms with Crippen LogP contribution < -0.4 is 4.74 Å². The minimum Gasteiger partial charge on any atom is -0.497 e. The van der Waals surface area contributed by atoms with Crippen molar-refractivity contribution in [1.29, 1.82) is 0 Å². The Balaban J connectivity index is 1.34. The molecule has 2 fully saturated rings. The van der Waals surface area contributed by atoms with Crippen LogP contribution in [0, 0.1) is 5.92 Å². The van der Waals surface area contributed by atoms with Gasteiger partial charge in [-0.25, -0.2) is 9.78 Å². The van der Waals surface area contributed by atoms with Gasteiger partial charge in [0, 0.05) is 23.5 Å². The van der Waals surface area contributed by atoms with E-state index < -0.39 is 5.97 Å². The average molecular weight is 415 g/mol. The van der Waals surface area contributed by atoms with Gasteiger partial charge in [0.05, 0.1) is 7.11 Å². The Kier molecular flexibility index (Phi) is 6.13. The van der Waals surface area contributed by atoms with E-state index in [1.807, 2.05) is 29.2 Å². The molecule has 0 spiro atoms. The van der Waals surface area contributed by atoms with Gasteiger partial charge in [-0.05, 0) is 55.9 Å². The number of carbonyl (C=O) groups excluding carboxylic acids is 2. The fourth-order valence-electron chi connectivity index (χ4n) is 4.45. The number of rotatable bonds is 5. The van der Waals surface area contributed by atoms with Crippen LogP contribution >= 0.6 is 11.3 Å². The van der Waals surface area contributed by atoms with Crippen LogP contribution in [0.5, 0.6) is 5.75 Å². The molecule has 29 heavy (non-hydrogen) atoms. The number of hydrogen-bond acceptors (Lipinski definition) is 6. The zero-order valence-corrected chi connectivity index (χ0v) is 17.5. The van der Waals surface area contributed by atoms with E-state index in [4.69, 9.17) is 9.47 Å². The summed E-state index contributed by atoms with van der Waals surface area (Å²) in [5.41, 5.74) is 1.14. The van der Waals surface area contributed by atoms with Gasteiger partial charge in [0.15, 0.2) is 12.3 Å². The van der Waals surface area contributed by atoms with Gasteiger partial charge in [-0.2, -0.15) is 0 Å². The Morgan fingerprint density at radius 1 is 1.14 bits per heavy atom. The summed E-state index contributed by atoms with van der Waals surface area (Å²) in [6, 6.07) is 7.82. The van der Waals surface area contributed by atoms with Gasteiger partial charge < -0.3 is 14.4 Å². The Hall–Kier alpha value is -2.41. The van der Waals surface area contributed by atoms with Crippen LogP contribution in [0.15, 0.2) is 29.6 Å². The van der Waals surface area contributed by atoms with Crippen molar-refractivity contribution >= 4 is 23.2 Å². The van der Waals surface area contributed by atoms with Gasteiger partial charge in [-0.1, -0.05) is 12.8 Å². The van der Waals surface area contributed by atoms with Crippen LogP contribution in [-0.2, 0) is 9.53 Å². The number of ether oxygens (including phenoxy) is 2. The number of nitrogens with zero attached hydrogens (tertiary/aromatic N) is 2. The van der Waals surface area contributed by atoms with Crippen molar-refractivity contribution in [3.8, 4) is 16.3 Å². The lowest BCUT2D eigenvalue weighted by Crippen LogP contribution is -2.50. The molecule has 2 heterocycles. The summed E-state index contributed by atoms with van der Waals surface area (Å²) in [6.45, 7) is 0.563. The van der Waals surface area contributed by atoms with Crippen LogP contribution in [0.25, 0.3) is 10.6 Å². The average Bonchev–Trinajstić information content (AvgIpc) is 3.27. The highest BCUT2D eigenvalue weighted by Crippen LogP contribution is 2.35. The minimum absolute atomic E-state index is 0.0828. The number of likely N-dealkylation sites (tertiary alicyclic amines) is 1. The van der Waals surface area contributed by atoms with E-state index in [9.17, 15) is 9.59 Å². The van der Waals surface area contributed by atoms with E-state index in [-0.39, 0.29) is 18.2 Å². The molecule has 2 aliphatic rings. The highest BCUT2D eigenvalue weighted by Gasteiger charge is 2.35. The normalized spacial score (nSPS) is 21.3. The van der Waals surface area contributed by atoms with Gasteiger partial charge in [0.2, 0.25) is 0 Å². The molecule has 1 aromatic heterocycles. The first-order valence-electron chi connectivity index (χ1n) is 10.2. The Labute approximate surface area is 174 Å². The van der Waals surface area contributed by atoms with Crippen LogP contribution in [0.1, 0.15) is 49.0 Å². The van der Waals surface area contributed by atoms with Crippen molar-refractivity contribution in [2.24, 2.45) is 5.92 Å². The summed E-state index contributed by atoms with van der Waals surface area (Å²) < 4.78 is 10.5. The van der Waals surface area contributed by atoms with Gasteiger partial charge >= 0.3 is 5.97 Å². The molecular formula is C22H26N2O4S. The first kappa shape index (κ1) is 19.9. The van der Waals surface area contributed by atoms with E-state index >= 15 is 0 Å². The van der Waals surface area contributed by atoms with E-state index in [2.05, 4.69) is 4.98 Å². The topological polar surface area (TPSA) is 68.7 Å². The predicted octanol–water partition coefficient (Wildman–Crippen LogP) is 4.16. The number of hydrogen-bond donors (Lipinski definition) is 0. The fourth-order valence-corrected chi connectivity index (χ4v) is 5.25. The molecule has 1 saturated carbocycles. The van der Waals surface area contributed by atoms with Crippen LogP contribution in [0.4, 0.5) is 0 Å². The van der Waals surface area contributed by atoms with Crippen molar-refractivity contribution in [3.63, 3.8) is 0 Å². The van der Waals surface area contributed by atoms with Crippen LogP contribution in [0.3, 0.4) is 0 Å². The molecule has 1 saturated heterocycles. The lowest BCUT2D eigenvalue weighted by Gasteiger charge is -2.44. The third-order valence-electron chi connectivity index (χ3n) is 5.94. The third kappa shape index (κ3) is 4.45. The quantitative estimate of drug-likeness (QED) is 0.688. The smallest absolute Gasteiger partial charge is 0.358 e. The largest absolute Gasteiger partial charge is 0.497 e. The second kappa shape index (κ2) is 8.95. The maximum Gasteiger partial charge on any atom is 0.358 e. The van der Waals surface area contributed by atoms with E-state index in [1.165, 1.54) is 37.0 Å². The minimum atomic E-state index is -0.549. The molecule has 2 atom stereocenters. The van der Waals surface area contributed by atoms with Gasteiger partial charge in [0.25, 0.3) is 5.91 Å². The molecule has 6 nitrogen and oxygen atoms in total. The van der Waals surface area contributed by atoms with Crippen LogP contribution in [-0.4, -0.2) is 48.1 Å². The molecule has 0 bridgehead atoms. The number of thiazole rings is 1. The molecule has 1 aliphatic carbocycles. The SMILES string of the molecule is COc1ccc(-c2nc(C(=O)OCC(=O)N3CCC[C@@H]4CCCC[C@H]43)cs2)cc1. The summed E-state index contributed by atoms with van der Waals surface area (Å²) in [7, 11) is 1.62. The van der Waals surface area contributed by atoms with E-state index in [0.29, 0.717) is 12.0 Å². The fraction of sp³-hybridized carbons (Fsp3) is 0.500. The lowest BCUT2D eigenvalue weighted by molar-refractivity contribution is -0.140. The molecule has 0 unspecified atom stereocenters. The number of piperidine rings is 1. The maximum absolute atomic E-state index is 12.7.